The van der Waals surface area contributed by atoms with Gasteiger partial charge < -0.3 is 15.2 Å². The number of hydrogen-bond acceptors (Lipinski definition) is 4. The fourth-order valence-corrected chi connectivity index (χ4v) is 2.06. The second-order valence-electron chi connectivity index (χ2n) is 4.73. The normalized spacial score (nSPS) is 13.0. The SMILES string of the molecule is CCOC(=O)[C@@H](C)C[C@@H](NC(=O)c1ccccc1Cl)C(=O)O. The molecule has 0 bridgehead atoms. The van der Waals surface area contributed by atoms with Crippen LogP contribution < -0.4 is 5.32 Å². The van der Waals surface area contributed by atoms with Crippen molar-refractivity contribution in [3.05, 3.63) is 34.9 Å². The smallest absolute Gasteiger partial charge is 0.326 e. The number of carbonyl (C=O) groups is 3. The van der Waals surface area contributed by atoms with Crippen molar-refractivity contribution >= 4 is 29.4 Å². The van der Waals surface area contributed by atoms with Crippen molar-refractivity contribution in [3.63, 3.8) is 0 Å². The third-order valence-electron chi connectivity index (χ3n) is 3.00. The fourth-order valence-electron chi connectivity index (χ4n) is 1.84. The molecule has 2 atom stereocenters. The molecule has 0 aromatic heterocycles. The first-order chi connectivity index (χ1) is 10.4. The minimum Gasteiger partial charge on any atom is -0.480 e. The maximum atomic E-state index is 12.1. The maximum Gasteiger partial charge on any atom is 0.326 e. The molecule has 0 aliphatic rings. The molecule has 1 aromatic rings. The van der Waals surface area contributed by atoms with Crippen LogP contribution in [0.4, 0.5) is 0 Å². The van der Waals surface area contributed by atoms with E-state index in [2.05, 4.69) is 5.32 Å². The third kappa shape index (κ3) is 5.04. The van der Waals surface area contributed by atoms with Gasteiger partial charge in [-0.1, -0.05) is 30.7 Å². The third-order valence-corrected chi connectivity index (χ3v) is 3.33. The molecule has 7 heteroatoms. The number of ether oxygens (including phenoxy) is 1. The average molecular weight is 328 g/mol. The summed E-state index contributed by atoms with van der Waals surface area (Å²) in [6.45, 7) is 3.43. The number of aliphatic carboxylic acids is 1. The van der Waals surface area contributed by atoms with Gasteiger partial charge in [0, 0.05) is 0 Å². The maximum absolute atomic E-state index is 12.1. The number of carboxylic acid groups (broad SMARTS) is 1. The van der Waals surface area contributed by atoms with E-state index in [0.717, 1.165) is 0 Å². The number of hydrogen-bond donors (Lipinski definition) is 2. The summed E-state index contributed by atoms with van der Waals surface area (Å²) in [5.41, 5.74) is 0.180. The van der Waals surface area contributed by atoms with Gasteiger partial charge in [0.2, 0.25) is 0 Å². The van der Waals surface area contributed by atoms with Crippen LogP contribution in [0.5, 0.6) is 0 Å². The van der Waals surface area contributed by atoms with Crippen LogP contribution in [0.3, 0.4) is 0 Å². The average Bonchev–Trinajstić information content (AvgIpc) is 2.46. The highest BCUT2D eigenvalue weighted by atomic mass is 35.5. The summed E-state index contributed by atoms with van der Waals surface area (Å²) in [6.07, 6.45) is -0.0651. The van der Waals surface area contributed by atoms with Gasteiger partial charge in [-0.2, -0.15) is 0 Å². The molecule has 0 aliphatic carbocycles. The number of carbonyl (C=O) groups excluding carboxylic acids is 2. The van der Waals surface area contributed by atoms with Gasteiger partial charge in [-0.15, -0.1) is 0 Å². The van der Waals surface area contributed by atoms with E-state index >= 15 is 0 Å². The van der Waals surface area contributed by atoms with E-state index in [-0.39, 0.29) is 23.6 Å². The van der Waals surface area contributed by atoms with Crippen LogP contribution >= 0.6 is 11.6 Å². The molecule has 0 radical (unpaired) electrons. The molecule has 0 aliphatic heterocycles. The number of rotatable bonds is 7. The van der Waals surface area contributed by atoms with E-state index in [0.29, 0.717) is 0 Å². The molecule has 0 heterocycles. The molecule has 1 aromatic carbocycles. The molecule has 0 saturated heterocycles. The van der Waals surface area contributed by atoms with Crippen LogP contribution in [-0.2, 0) is 14.3 Å². The quantitative estimate of drug-likeness (QED) is 0.748. The van der Waals surface area contributed by atoms with Crippen molar-refractivity contribution in [2.45, 2.75) is 26.3 Å². The van der Waals surface area contributed by atoms with Gasteiger partial charge in [0.15, 0.2) is 0 Å². The van der Waals surface area contributed by atoms with Gasteiger partial charge in [0.05, 0.1) is 23.1 Å². The van der Waals surface area contributed by atoms with Crippen molar-refractivity contribution in [1.82, 2.24) is 5.32 Å². The first kappa shape index (κ1) is 18.0. The molecular weight excluding hydrogens is 310 g/mol. The van der Waals surface area contributed by atoms with Crippen molar-refractivity contribution in [2.75, 3.05) is 6.61 Å². The van der Waals surface area contributed by atoms with Crippen molar-refractivity contribution < 1.29 is 24.2 Å². The Kier molecular flexibility index (Phi) is 6.85. The van der Waals surface area contributed by atoms with Gasteiger partial charge in [0.25, 0.3) is 5.91 Å². The van der Waals surface area contributed by atoms with Gasteiger partial charge in [-0.3, -0.25) is 9.59 Å². The molecule has 22 heavy (non-hydrogen) atoms. The molecule has 0 spiro atoms. The Morgan fingerprint density at radius 3 is 2.50 bits per heavy atom. The first-order valence-corrected chi connectivity index (χ1v) is 7.19. The van der Waals surface area contributed by atoms with E-state index < -0.39 is 29.8 Å². The summed E-state index contributed by atoms with van der Waals surface area (Å²) in [6, 6.07) is 5.11. The summed E-state index contributed by atoms with van der Waals surface area (Å²) in [5, 5.41) is 11.8. The highest BCUT2D eigenvalue weighted by molar-refractivity contribution is 6.33. The minimum atomic E-state index is -1.23. The van der Waals surface area contributed by atoms with E-state index in [4.69, 9.17) is 16.3 Å². The Balaban J connectivity index is 2.77. The molecule has 2 N–H and O–H groups in total. The van der Waals surface area contributed by atoms with Gasteiger partial charge in [-0.25, -0.2) is 4.79 Å². The standard InChI is InChI=1S/C15H18ClNO5/c1-3-22-15(21)9(2)8-12(14(19)20)17-13(18)10-6-4-5-7-11(10)16/h4-7,9,12H,3,8H2,1-2H3,(H,17,18)(H,19,20)/t9-,12+/m0/s1. The highest BCUT2D eigenvalue weighted by Gasteiger charge is 2.27. The van der Waals surface area contributed by atoms with Gasteiger partial charge >= 0.3 is 11.9 Å². The number of halogens is 1. The van der Waals surface area contributed by atoms with Crippen LogP contribution in [0.15, 0.2) is 24.3 Å². The monoisotopic (exact) mass is 327 g/mol. The lowest BCUT2D eigenvalue weighted by Gasteiger charge is -2.18. The molecule has 1 amide bonds. The van der Waals surface area contributed by atoms with Gasteiger partial charge in [0.1, 0.15) is 6.04 Å². The Morgan fingerprint density at radius 1 is 1.32 bits per heavy atom. The molecule has 0 unspecified atom stereocenters. The van der Waals surface area contributed by atoms with E-state index in [1.165, 1.54) is 12.1 Å². The number of esters is 1. The topological polar surface area (TPSA) is 92.7 Å². The summed E-state index contributed by atoms with van der Waals surface area (Å²) < 4.78 is 4.83. The van der Waals surface area contributed by atoms with Crippen molar-refractivity contribution in [1.29, 1.82) is 0 Å². The number of amides is 1. The van der Waals surface area contributed by atoms with Crippen molar-refractivity contribution in [2.24, 2.45) is 5.92 Å². The fraction of sp³-hybridized carbons (Fsp3) is 0.400. The lowest BCUT2D eigenvalue weighted by Crippen LogP contribution is -2.42. The summed E-state index contributed by atoms with van der Waals surface area (Å²) in [5.74, 6) is -2.97. The minimum absolute atomic E-state index is 0.0651. The lowest BCUT2D eigenvalue weighted by molar-refractivity contribution is -0.148. The summed E-state index contributed by atoms with van der Waals surface area (Å²) in [7, 11) is 0. The predicted octanol–water partition coefficient (Wildman–Crippen LogP) is 2.11. The van der Waals surface area contributed by atoms with Gasteiger partial charge in [-0.05, 0) is 25.5 Å². The summed E-state index contributed by atoms with van der Waals surface area (Å²) >= 11 is 5.90. The van der Waals surface area contributed by atoms with E-state index in [1.807, 2.05) is 0 Å². The molecule has 120 valence electrons. The van der Waals surface area contributed by atoms with Crippen LogP contribution in [0, 0.1) is 5.92 Å². The summed E-state index contributed by atoms with van der Waals surface area (Å²) in [4.78, 5) is 34.9. The number of benzene rings is 1. The Labute approximate surface area is 133 Å². The largest absolute Gasteiger partial charge is 0.480 e. The Morgan fingerprint density at radius 2 is 1.95 bits per heavy atom. The molecule has 6 nitrogen and oxygen atoms in total. The zero-order valence-corrected chi connectivity index (χ0v) is 13.1. The number of carboxylic acids is 1. The van der Waals surface area contributed by atoms with E-state index in [9.17, 15) is 19.5 Å². The van der Waals surface area contributed by atoms with Crippen LogP contribution in [0.1, 0.15) is 30.6 Å². The zero-order chi connectivity index (χ0) is 16.7. The van der Waals surface area contributed by atoms with Crippen LogP contribution in [0.2, 0.25) is 5.02 Å². The first-order valence-electron chi connectivity index (χ1n) is 6.81. The zero-order valence-electron chi connectivity index (χ0n) is 12.3. The Bertz CT molecular complexity index is 561. The highest BCUT2D eigenvalue weighted by Crippen LogP contribution is 2.16. The second kappa shape index (κ2) is 8.38. The van der Waals surface area contributed by atoms with Crippen LogP contribution in [-0.4, -0.2) is 35.6 Å². The number of nitrogens with one attached hydrogen (secondary N) is 1. The predicted molar refractivity (Wildman–Crippen MR) is 80.8 cm³/mol. The Hall–Kier alpha value is -2.08. The van der Waals surface area contributed by atoms with E-state index in [1.54, 1.807) is 26.0 Å². The lowest BCUT2D eigenvalue weighted by atomic mass is 10.0. The molecule has 0 saturated carbocycles. The molecule has 0 fully saturated rings. The molecule has 1 rings (SSSR count). The van der Waals surface area contributed by atoms with Crippen molar-refractivity contribution in [3.8, 4) is 0 Å². The molecular formula is C15H18ClNO5. The second-order valence-corrected chi connectivity index (χ2v) is 5.14. The van der Waals surface area contributed by atoms with Crippen LogP contribution in [0.25, 0.3) is 0 Å².